The second-order valence-electron chi connectivity index (χ2n) is 7.13. The van der Waals surface area contributed by atoms with E-state index in [0.717, 1.165) is 12.1 Å². The van der Waals surface area contributed by atoms with Gasteiger partial charge in [-0.1, -0.05) is 30.3 Å². The van der Waals surface area contributed by atoms with Crippen molar-refractivity contribution in [1.82, 2.24) is 15.6 Å². The Morgan fingerprint density at radius 1 is 1.09 bits per heavy atom. The lowest BCUT2D eigenvalue weighted by Gasteiger charge is -2.26. The van der Waals surface area contributed by atoms with Gasteiger partial charge in [-0.25, -0.2) is 19.6 Å². The number of hydrogen-bond donors (Lipinski definition) is 3. The van der Waals surface area contributed by atoms with Gasteiger partial charge in [-0.3, -0.25) is 14.4 Å². The Hall–Kier alpha value is -3.79. The number of carbonyl (C=O) groups excluding carboxylic acids is 3. The van der Waals surface area contributed by atoms with Gasteiger partial charge >= 0.3 is 0 Å². The maximum absolute atomic E-state index is 13.3. The molecule has 2 aromatic rings. The molecule has 2 aromatic carbocycles. The number of nitrogens with one attached hydrogen (secondary N) is 2. The number of hydrazine groups is 1. The first kappa shape index (κ1) is 25.5. The average Bonchev–Trinajstić information content (AvgIpc) is 2.76. The molecule has 0 aromatic heterocycles. The summed E-state index contributed by atoms with van der Waals surface area (Å²) in [7, 11) is 0. The van der Waals surface area contributed by atoms with E-state index in [-0.39, 0.29) is 24.5 Å². The van der Waals surface area contributed by atoms with Crippen molar-refractivity contribution in [1.29, 1.82) is 0 Å². The molecular formula is C23H26F2N4O4. The SMILES string of the molecule is C=C(OCC)N(N)C(=O)[C@@H](NC(=O)[C@H](C)NC(=O)Cc1cc(F)cc(F)c1)c1ccccc1. The number of hydrogen-bond acceptors (Lipinski definition) is 5. The zero-order valence-corrected chi connectivity index (χ0v) is 18.3. The van der Waals surface area contributed by atoms with Crippen molar-refractivity contribution in [3.8, 4) is 0 Å². The van der Waals surface area contributed by atoms with Crippen molar-refractivity contribution >= 4 is 17.7 Å². The number of nitrogens with zero attached hydrogens (tertiary/aromatic N) is 1. The Balaban J connectivity index is 2.10. The maximum atomic E-state index is 13.3. The molecule has 0 spiro atoms. The third-order valence-electron chi connectivity index (χ3n) is 4.54. The quantitative estimate of drug-likeness (QED) is 0.217. The molecule has 2 atom stereocenters. The largest absolute Gasteiger partial charge is 0.479 e. The van der Waals surface area contributed by atoms with Crippen LogP contribution < -0.4 is 16.5 Å². The Morgan fingerprint density at radius 3 is 2.27 bits per heavy atom. The lowest BCUT2D eigenvalue weighted by atomic mass is 10.1. The molecule has 0 aliphatic heterocycles. The van der Waals surface area contributed by atoms with Crippen LogP contribution in [0, 0.1) is 11.6 Å². The molecular weight excluding hydrogens is 434 g/mol. The fraction of sp³-hybridized carbons (Fsp3) is 0.261. The molecule has 3 amide bonds. The van der Waals surface area contributed by atoms with E-state index in [1.807, 2.05) is 0 Å². The van der Waals surface area contributed by atoms with Gasteiger partial charge < -0.3 is 15.4 Å². The van der Waals surface area contributed by atoms with Crippen molar-refractivity contribution in [2.24, 2.45) is 5.84 Å². The normalized spacial score (nSPS) is 12.3. The monoisotopic (exact) mass is 460 g/mol. The zero-order valence-electron chi connectivity index (χ0n) is 18.3. The Morgan fingerprint density at radius 2 is 1.70 bits per heavy atom. The molecule has 0 fully saturated rings. The van der Waals surface area contributed by atoms with Gasteiger partial charge in [0.05, 0.1) is 13.0 Å². The summed E-state index contributed by atoms with van der Waals surface area (Å²) >= 11 is 0. The highest BCUT2D eigenvalue weighted by Gasteiger charge is 2.30. The number of ether oxygens (including phenoxy) is 1. The molecule has 2 rings (SSSR count). The van der Waals surface area contributed by atoms with Crippen LogP contribution in [0.4, 0.5) is 8.78 Å². The summed E-state index contributed by atoms with van der Waals surface area (Å²) in [5.74, 6) is 2.07. The smallest absolute Gasteiger partial charge is 0.270 e. The van der Waals surface area contributed by atoms with Gasteiger partial charge in [0.1, 0.15) is 23.7 Å². The molecule has 0 radical (unpaired) electrons. The van der Waals surface area contributed by atoms with Crippen LogP contribution in [0.25, 0.3) is 0 Å². The average molecular weight is 460 g/mol. The number of rotatable bonds is 10. The summed E-state index contributed by atoms with van der Waals surface area (Å²) in [6, 6.07) is 8.87. The van der Waals surface area contributed by atoms with E-state index in [1.54, 1.807) is 37.3 Å². The lowest BCUT2D eigenvalue weighted by Crippen LogP contribution is -2.51. The van der Waals surface area contributed by atoms with Crippen LogP contribution >= 0.6 is 0 Å². The summed E-state index contributed by atoms with van der Waals surface area (Å²) in [5, 5.41) is 5.70. The van der Waals surface area contributed by atoms with Gasteiger partial charge in [0.25, 0.3) is 5.91 Å². The van der Waals surface area contributed by atoms with E-state index in [9.17, 15) is 23.2 Å². The highest BCUT2D eigenvalue weighted by atomic mass is 19.1. The van der Waals surface area contributed by atoms with E-state index >= 15 is 0 Å². The third kappa shape index (κ3) is 7.39. The highest BCUT2D eigenvalue weighted by Crippen LogP contribution is 2.17. The van der Waals surface area contributed by atoms with Gasteiger partial charge in [0, 0.05) is 6.07 Å². The second kappa shape index (κ2) is 11.7. The molecule has 8 nitrogen and oxygen atoms in total. The first-order valence-electron chi connectivity index (χ1n) is 10.1. The fourth-order valence-electron chi connectivity index (χ4n) is 2.96. The Bertz CT molecular complexity index is 997. The van der Waals surface area contributed by atoms with E-state index < -0.39 is 41.4 Å². The topological polar surface area (TPSA) is 114 Å². The van der Waals surface area contributed by atoms with E-state index in [4.69, 9.17) is 10.6 Å². The van der Waals surface area contributed by atoms with Gasteiger partial charge in [0.2, 0.25) is 17.7 Å². The molecule has 0 heterocycles. The molecule has 33 heavy (non-hydrogen) atoms. The fourth-order valence-corrected chi connectivity index (χ4v) is 2.96. The van der Waals surface area contributed by atoms with Gasteiger partial charge in [-0.05, 0) is 43.7 Å². The second-order valence-corrected chi connectivity index (χ2v) is 7.13. The molecule has 0 saturated heterocycles. The number of nitrogens with two attached hydrogens (primary N) is 1. The molecule has 0 aliphatic carbocycles. The Kier molecular flexibility index (Phi) is 9.05. The van der Waals surface area contributed by atoms with Gasteiger partial charge in [-0.15, -0.1) is 0 Å². The predicted octanol–water partition coefficient (Wildman–Crippen LogP) is 2.08. The molecule has 0 saturated carbocycles. The highest BCUT2D eigenvalue weighted by molar-refractivity contribution is 5.93. The Labute approximate surface area is 190 Å². The van der Waals surface area contributed by atoms with E-state index in [0.29, 0.717) is 16.6 Å². The number of amides is 3. The van der Waals surface area contributed by atoms with Crippen molar-refractivity contribution in [3.05, 3.63) is 83.8 Å². The van der Waals surface area contributed by atoms with Crippen LogP contribution in [0.5, 0.6) is 0 Å². The van der Waals surface area contributed by atoms with Crippen LogP contribution in [-0.2, 0) is 25.5 Å². The third-order valence-corrected chi connectivity index (χ3v) is 4.54. The van der Waals surface area contributed by atoms with Crippen molar-refractivity contribution in [2.75, 3.05) is 6.61 Å². The summed E-state index contributed by atoms with van der Waals surface area (Å²) in [4.78, 5) is 37.9. The van der Waals surface area contributed by atoms with Crippen LogP contribution in [0.1, 0.15) is 31.0 Å². The van der Waals surface area contributed by atoms with E-state index in [1.165, 1.54) is 6.92 Å². The summed E-state index contributed by atoms with van der Waals surface area (Å²) in [6.45, 7) is 6.92. The minimum absolute atomic E-state index is 0.0960. The molecule has 0 unspecified atom stereocenters. The van der Waals surface area contributed by atoms with Crippen LogP contribution in [-0.4, -0.2) is 35.4 Å². The van der Waals surface area contributed by atoms with E-state index in [2.05, 4.69) is 17.2 Å². The summed E-state index contributed by atoms with van der Waals surface area (Å²) in [5.41, 5.74) is 0.563. The zero-order chi connectivity index (χ0) is 24.5. The van der Waals surface area contributed by atoms with Gasteiger partial charge in [0.15, 0.2) is 0 Å². The number of carbonyl (C=O) groups is 3. The lowest BCUT2D eigenvalue weighted by molar-refractivity contribution is -0.138. The van der Waals surface area contributed by atoms with Crippen LogP contribution in [0.3, 0.4) is 0 Å². The first-order valence-corrected chi connectivity index (χ1v) is 10.1. The van der Waals surface area contributed by atoms with Crippen molar-refractivity contribution in [2.45, 2.75) is 32.4 Å². The van der Waals surface area contributed by atoms with Crippen LogP contribution in [0.2, 0.25) is 0 Å². The molecule has 10 heteroatoms. The maximum Gasteiger partial charge on any atom is 0.270 e. The van der Waals surface area contributed by atoms with Crippen molar-refractivity contribution in [3.63, 3.8) is 0 Å². The molecule has 0 aliphatic rings. The predicted molar refractivity (Wildman–Crippen MR) is 117 cm³/mol. The molecule has 4 N–H and O–H groups in total. The summed E-state index contributed by atoms with van der Waals surface area (Å²) in [6.07, 6.45) is -0.335. The van der Waals surface area contributed by atoms with Crippen molar-refractivity contribution < 1.29 is 27.9 Å². The standard InChI is InChI=1S/C23H26F2N4O4/c1-4-33-15(3)29(26)23(32)21(17-8-6-5-7-9-17)28-22(31)14(2)27-20(30)12-16-10-18(24)13-19(25)11-16/h5-11,13-14,21H,3-4,12,26H2,1-2H3,(H,27,30)(H,28,31)/t14-,21-/m0/s1. The summed E-state index contributed by atoms with van der Waals surface area (Å²) < 4.78 is 31.8. The number of halogens is 2. The number of benzene rings is 2. The van der Waals surface area contributed by atoms with Crippen LogP contribution in [0.15, 0.2) is 61.0 Å². The van der Waals surface area contributed by atoms with Gasteiger partial charge in [-0.2, -0.15) is 0 Å². The minimum Gasteiger partial charge on any atom is -0.479 e. The molecule has 176 valence electrons. The minimum atomic E-state index is -1.18. The first-order chi connectivity index (χ1) is 15.6. The molecule has 0 bridgehead atoms.